The van der Waals surface area contributed by atoms with Crippen LogP contribution >= 0.6 is 0 Å². The zero-order valence-electron chi connectivity index (χ0n) is 69.2. The lowest BCUT2D eigenvalue weighted by atomic mass is 9.70. The van der Waals surface area contributed by atoms with Gasteiger partial charge >= 0.3 is 53.9 Å². The number of nitrogens with zero attached hydrogens (tertiary/aromatic N) is 4. The summed E-state index contributed by atoms with van der Waals surface area (Å²) in [5.41, 5.74) is -6.04. The first-order valence-electron chi connectivity index (χ1n) is 38.2. The standard InChI is InChI=1S/C31H36F6N4O3.C31H35F6NO3.C26H28F6O3/c1-6-28(7-2,25-13-14-26(22(4)19-25)43-17-9-8-10-27-38-40-41-39-27)24-12-11-23(21(3)18-24)15-16-29(30(32,33)34,31(35,36)37)44-20-42-5;1-7-28(8-2,26-13-14-27(23(4)20-26)40-18-10-9-17-38-5)25-12-11-24(22(3)19-25)15-16-29(30(32,33)34,31(35,36)37)41-21-39-6;1-6-23(7-2,21-10-11-22(33)18(4)15-21)20-9-8-19(17(3)14-20)12-13-24(25(27,28)29,26(30,31)32)35-16-34-5/h11-14,18-19H,6-10,17,20H2,1-5H3,(H,38,39,40,41);11-14,19-20H,7-10,17-18,21H2,1-4,6H3;8-11,14-15,33H,6-7,16H2,1-5H3. The smallest absolute Gasteiger partial charge is 0.438 e. The molecule has 1 heterocycles. The second kappa shape index (κ2) is 42.8. The van der Waals surface area contributed by atoms with Gasteiger partial charge in [-0.1, -0.05) is 137 Å². The van der Waals surface area contributed by atoms with Crippen LogP contribution in [0.2, 0.25) is 0 Å². The number of ether oxygens (including phenoxy) is 8. The number of phenolic OH excluding ortho intramolecular Hbond substituents is 1. The molecular formula is C88H99F18N5O9. The van der Waals surface area contributed by atoms with Crippen molar-refractivity contribution in [2.45, 2.75) is 224 Å². The summed E-state index contributed by atoms with van der Waals surface area (Å²) in [6, 6.07) is 31.8. The average molecular weight is 1710 g/mol. The Morgan fingerprint density at radius 2 is 0.667 bits per heavy atom. The van der Waals surface area contributed by atoms with Crippen LogP contribution in [0.3, 0.4) is 0 Å². The Hall–Kier alpha value is -9.54. The maximum atomic E-state index is 13.7. The van der Waals surface area contributed by atoms with Gasteiger partial charge in [-0.3, -0.25) is 0 Å². The van der Waals surface area contributed by atoms with Gasteiger partial charge < -0.3 is 47.8 Å². The molecule has 2 N–H and O–H groups in total. The number of aryl methyl sites for hydroxylation is 7. The van der Waals surface area contributed by atoms with Crippen LogP contribution in [-0.4, -0.2) is 141 Å². The van der Waals surface area contributed by atoms with Crippen LogP contribution in [0.4, 0.5) is 79.0 Å². The number of aromatic amines is 1. The van der Waals surface area contributed by atoms with Gasteiger partial charge in [0, 0.05) is 67.1 Å². The number of rotatable bonds is 32. The third-order valence-electron chi connectivity index (χ3n) is 21.2. The highest BCUT2D eigenvalue weighted by atomic mass is 19.4. The van der Waals surface area contributed by atoms with Gasteiger partial charge in [-0.25, -0.2) is 6.57 Å². The van der Waals surface area contributed by atoms with Gasteiger partial charge in [-0.2, -0.15) is 84.2 Å². The summed E-state index contributed by atoms with van der Waals surface area (Å²) < 4.78 is 283. The Labute approximate surface area is 687 Å². The van der Waals surface area contributed by atoms with Crippen LogP contribution in [0.1, 0.15) is 195 Å². The molecule has 0 saturated carbocycles. The quantitative estimate of drug-likeness (QED) is 0.0136. The van der Waals surface area contributed by atoms with E-state index < -0.39 is 90.5 Å². The predicted octanol–water partition coefficient (Wildman–Crippen LogP) is 22.4. The topological polar surface area (TPSA) is 153 Å². The van der Waals surface area contributed by atoms with Crippen LogP contribution in [0.5, 0.6) is 17.2 Å². The number of alkyl halides is 18. The molecule has 0 aliphatic rings. The minimum atomic E-state index is -5.85. The molecule has 0 fully saturated rings. The third-order valence-corrected chi connectivity index (χ3v) is 21.2. The number of aromatic nitrogens is 4. The highest BCUT2D eigenvalue weighted by Crippen LogP contribution is 2.51. The Kier molecular flexibility index (Phi) is 36.0. The van der Waals surface area contributed by atoms with Gasteiger partial charge in [0.05, 0.1) is 13.2 Å². The zero-order chi connectivity index (χ0) is 90.2. The number of methoxy groups -OCH3 is 3. The van der Waals surface area contributed by atoms with Crippen LogP contribution < -0.4 is 9.47 Å². The number of hydrogen-bond acceptors (Lipinski definition) is 12. The second-order valence-electron chi connectivity index (χ2n) is 28.4. The van der Waals surface area contributed by atoms with Crippen molar-refractivity contribution in [2.24, 2.45) is 0 Å². The van der Waals surface area contributed by atoms with Crippen LogP contribution in [-0.2, 0) is 51.1 Å². The van der Waals surface area contributed by atoms with E-state index in [-0.39, 0.29) is 22.4 Å². The summed E-state index contributed by atoms with van der Waals surface area (Å²) in [6.45, 7) is 27.1. The van der Waals surface area contributed by atoms with Crippen molar-refractivity contribution >= 4 is 0 Å². The SMILES string of the molecule is CCC(CC)(c1ccc(C#CC(OCOC)(C(F)(F)F)C(F)(F)F)c(C)c1)c1ccc(OCCCCc2nn[nH]n2)c(C)c1.CCC(CC)(c1ccc(O)c(C)c1)c1ccc(C#CC(OCOC)(C(F)(F)F)C(F)(F)F)c(C)c1.[C-]#[N+]CCCCOc1ccc(C(CC)(CC)c2ccc(C#CC(OCOC)(C(F)(F)F)C(F)(F)F)c(C)c2)cc1C. The monoisotopic (exact) mass is 1710 g/mol. The van der Waals surface area contributed by atoms with Gasteiger partial charge in [-0.15, -0.1) is 10.2 Å². The van der Waals surface area contributed by atoms with Gasteiger partial charge in [0.2, 0.25) is 6.54 Å². The summed E-state index contributed by atoms with van der Waals surface area (Å²) >= 11 is 0. The molecule has 32 heteroatoms. The Morgan fingerprint density at radius 3 is 0.917 bits per heavy atom. The third kappa shape index (κ3) is 23.4. The first-order chi connectivity index (χ1) is 56.2. The number of unbranched alkanes of at least 4 members (excludes halogenated alkanes) is 2. The maximum absolute atomic E-state index is 13.7. The molecule has 0 radical (unpaired) electrons. The molecule has 14 nitrogen and oxygen atoms in total. The molecule has 0 bridgehead atoms. The molecule has 0 unspecified atom stereocenters. The van der Waals surface area contributed by atoms with Crippen LogP contribution in [0.25, 0.3) is 4.85 Å². The number of nitrogens with one attached hydrogen (secondary N) is 1. The van der Waals surface area contributed by atoms with Crippen molar-refractivity contribution in [3.05, 3.63) is 210 Å². The van der Waals surface area contributed by atoms with E-state index in [0.29, 0.717) is 92.8 Å². The van der Waals surface area contributed by atoms with Gasteiger partial charge in [0.25, 0.3) is 0 Å². The predicted molar refractivity (Wildman–Crippen MR) is 416 cm³/mol. The Bertz CT molecular complexity index is 4670. The Balaban J connectivity index is 0.000000322. The minimum Gasteiger partial charge on any atom is -0.508 e. The highest BCUT2D eigenvalue weighted by Gasteiger charge is 2.74. The summed E-state index contributed by atoms with van der Waals surface area (Å²) in [5, 5.41) is 23.7. The van der Waals surface area contributed by atoms with E-state index in [2.05, 4.69) is 71.8 Å². The number of phenols is 1. The van der Waals surface area contributed by atoms with E-state index in [9.17, 15) is 84.1 Å². The summed E-state index contributed by atoms with van der Waals surface area (Å²) in [5.74, 6) is 12.5. The summed E-state index contributed by atoms with van der Waals surface area (Å²) in [4.78, 5) is 3.33. The number of halogens is 18. The normalized spacial score (nSPS) is 12.6. The molecule has 120 heavy (non-hydrogen) atoms. The molecule has 7 aromatic rings. The minimum absolute atomic E-state index is 0.00985. The largest absolute Gasteiger partial charge is 0.508 e. The van der Waals surface area contributed by atoms with Gasteiger partial charge in [0.1, 0.15) is 37.6 Å². The fourth-order valence-electron chi connectivity index (χ4n) is 13.9. The maximum Gasteiger partial charge on any atom is 0.438 e. The molecule has 0 amide bonds. The lowest BCUT2D eigenvalue weighted by Gasteiger charge is -2.34. The van der Waals surface area contributed by atoms with E-state index >= 15 is 0 Å². The van der Waals surface area contributed by atoms with E-state index in [1.807, 2.05) is 104 Å². The van der Waals surface area contributed by atoms with Crippen molar-refractivity contribution < 1.29 is 122 Å². The van der Waals surface area contributed by atoms with Crippen molar-refractivity contribution in [3.8, 4) is 52.8 Å². The average Bonchev–Trinajstić information content (AvgIpc) is 0.798. The number of hydrogen-bond donors (Lipinski definition) is 2. The number of tetrazole rings is 1. The van der Waals surface area contributed by atoms with Crippen molar-refractivity contribution in [3.63, 3.8) is 0 Å². The highest BCUT2D eigenvalue weighted by molar-refractivity contribution is 5.54. The first-order valence-corrected chi connectivity index (χ1v) is 38.2. The van der Waals surface area contributed by atoms with Crippen molar-refractivity contribution in [2.75, 3.05) is 61.5 Å². The molecule has 7 rings (SSSR count). The second-order valence-corrected chi connectivity index (χ2v) is 28.4. The molecule has 0 aliphatic heterocycles. The first kappa shape index (κ1) is 101. The number of H-pyrrole nitrogens is 1. The molecule has 0 saturated heterocycles. The van der Waals surface area contributed by atoms with Crippen LogP contribution in [0, 0.1) is 83.6 Å². The van der Waals surface area contributed by atoms with E-state index in [4.69, 9.17) is 16.0 Å². The number of benzene rings is 6. The Morgan fingerprint density at radius 1 is 0.383 bits per heavy atom. The van der Waals surface area contributed by atoms with Gasteiger partial charge in [0.15, 0.2) is 5.82 Å². The number of aromatic hydroxyl groups is 1. The van der Waals surface area contributed by atoms with E-state index in [1.165, 1.54) is 36.0 Å². The molecule has 0 aliphatic carbocycles. The zero-order valence-corrected chi connectivity index (χ0v) is 69.2. The molecule has 0 atom stereocenters. The van der Waals surface area contributed by atoms with Crippen molar-refractivity contribution in [1.82, 2.24) is 20.6 Å². The van der Waals surface area contributed by atoms with E-state index in [0.717, 1.165) is 103 Å². The van der Waals surface area contributed by atoms with E-state index in [1.54, 1.807) is 70.2 Å². The molecule has 1 aromatic heterocycles. The molecule has 6 aromatic carbocycles. The lowest BCUT2D eigenvalue weighted by molar-refractivity contribution is -0.368. The van der Waals surface area contributed by atoms with Crippen LogP contribution in [0.15, 0.2) is 109 Å². The molecule has 0 spiro atoms. The lowest BCUT2D eigenvalue weighted by Crippen LogP contribution is -2.58. The summed E-state index contributed by atoms with van der Waals surface area (Å²) in [7, 11) is 2.76. The fraction of sp³-hybridized carbons (Fsp3) is 0.500. The molecule has 656 valence electrons. The van der Waals surface area contributed by atoms with Crippen molar-refractivity contribution in [1.29, 1.82) is 0 Å². The van der Waals surface area contributed by atoms with Gasteiger partial charge in [-0.05, 0) is 220 Å². The summed E-state index contributed by atoms with van der Waals surface area (Å²) in [6.07, 6.45) is -27.1. The fourth-order valence-corrected chi connectivity index (χ4v) is 13.9. The molecular weight excluding hydrogens is 1610 g/mol.